The Balaban J connectivity index is 0.000000366. The van der Waals surface area contributed by atoms with Gasteiger partial charge in [-0.05, 0) is 77.5 Å². The molecule has 0 spiro atoms. The molecule has 1 aromatic carbocycles. The van der Waals surface area contributed by atoms with Crippen LogP contribution in [0.2, 0.25) is 0 Å². The van der Waals surface area contributed by atoms with Crippen LogP contribution in [0.4, 0.5) is 0 Å². The number of phenols is 1. The summed E-state index contributed by atoms with van der Waals surface area (Å²) in [5.74, 6) is 2.04. The molecule has 0 aromatic heterocycles. The number of aryl methyl sites for hydroxylation is 1. The van der Waals surface area contributed by atoms with Crippen LogP contribution in [0.15, 0.2) is 48.1 Å². The van der Waals surface area contributed by atoms with Crippen LogP contribution < -0.4 is 4.74 Å². The lowest BCUT2D eigenvalue weighted by Gasteiger charge is -2.46. The van der Waals surface area contributed by atoms with Gasteiger partial charge in [0.1, 0.15) is 17.1 Å². The van der Waals surface area contributed by atoms with Crippen molar-refractivity contribution in [1.82, 2.24) is 0 Å². The van der Waals surface area contributed by atoms with Gasteiger partial charge in [0.2, 0.25) is 0 Å². The summed E-state index contributed by atoms with van der Waals surface area (Å²) < 4.78 is 6.36. The fourth-order valence-electron chi connectivity index (χ4n) is 4.82. The first-order chi connectivity index (χ1) is 14.6. The van der Waals surface area contributed by atoms with Crippen LogP contribution in [0.25, 0.3) is 0 Å². The number of phenolic OH excluding ortho intramolecular Hbond substituents is 1. The largest absolute Gasteiger partial charge is 0.507 e. The van der Waals surface area contributed by atoms with Crippen molar-refractivity contribution in [3.05, 3.63) is 59.2 Å². The number of unbranched alkanes of at least 4 members (excludes halogenated alkanes) is 2. The smallest absolute Gasteiger partial charge is 0.127 e. The highest BCUT2D eigenvalue weighted by molar-refractivity contribution is 5.54. The van der Waals surface area contributed by atoms with Crippen LogP contribution in [0.3, 0.4) is 0 Å². The molecule has 2 heteroatoms. The molecule has 0 amide bonds. The molecule has 1 aromatic rings. The summed E-state index contributed by atoms with van der Waals surface area (Å²) in [6.45, 7) is 20.6. The Bertz CT molecular complexity index is 812. The van der Waals surface area contributed by atoms with Gasteiger partial charge < -0.3 is 9.84 Å². The molecule has 2 atom stereocenters. The summed E-state index contributed by atoms with van der Waals surface area (Å²) in [5.41, 5.74) is 5.76. The number of hydrogen-bond acceptors (Lipinski definition) is 2. The second-order valence-electron chi connectivity index (χ2n) is 10.0. The molecule has 172 valence electrons. The number of ether oxygens (including phenoxy) is 1. The molecule has 2 aliphatic rings. The lowest BCUT2D eigenvalue weighted by molar-refractivity contribution is 0.0107. The molecule has 0 saturated carbocycles. The molecule has 1 heterocycles. The topological polar surface area (TPSA) is 29.5 Å². The van der Waals surface area contributed by atoms with Gasteiger partial charge in [0.25, 0.3) is 0 Å². The Morgan fingerprint density at radius 1 is 1.16 bits per heavy atom. The van der Waals surface area contributed by atoms with E-state index >= 15 is 0 Å². The van der Waals surface area contributed by atoms with Crippen molar-refractivity contribution in [3.63, 3.8) is 0 Å². The van der Waals surface area contributed by atoms with Crippen molar-refractivity contribution in [2.75, 3.05) is 0 Å². The number of benzene rings is 1. The van der Waals surface area contributed by atoms with Crippen LogP contribution in [0, 0.1) is 5.92 Å². The second-order valence-corrected chi connectivity index (χ2v) is 10.0. The number of fused-ring (bicyclic) bond motifs is 3. The second kappa shape index (κ2) is 11.1. The van der Waals surface area contributed by atoms with Crippen LogP contribution >= 0.6 is 0 Å². The first-order valence-electron chi connectivity index (χ1n) is 12.2. The Kier molecular flexibility index (Phi) is 9.03. The first kappa shape index (κ1) is 25.3. The minimum absolute atomic E-state index is 0.177. The minimum atomic E-state index is -0.177. The standard InChI is InChI=1S/C21H30O2.C8H14/c1-5-6-7-8-15-12-18(22)20-16-11-14(2)9-10-17(16)21(3,4)23-19(20)13-15;1-5-6-8(4)7(2)3/h11-13,16-17,22H,5-10H2,1-4H3;2,4-6H2,1,3H3. The molecule has 2 nitrogen and oxygen atoms in total. The Morgan fingerprint density at radius 3 is 2.45 bits per heavy atom. The van der Waals surface area contributed by atoms with Gasteiger partial charge in [-0.15, -0.1) is 0 Å². The molecule has 31 heavy (non-hydrogen) atoms. The maximum absolute atomic E-state index is 10.7. The highest BCUT2D eigenvalue weighted by Gasteiger charge is 2.45. The normalized spacial score (nSPS) is 20.9. The van der Waals surface area contributed by atoms with Crippen molar-refractivity contribution in [2.45, 2.75) is 104 Å². The van der Waals surface area contributed by atoms with Crippen molar-refractivity contribution >= 4 is 0 Å². The van der Waals surface area contributed by atoms with Crippen LogP contribution in [-0.2, 0) is 6.42 Å². The number of allylic oxidation sites excluding steroid dienone is 4. The third-order valence-electron chi connectivity index (χ3n) is 6.75. The Hall–Kier alpha value is -1.96. The Morgan fingerprint density at radius 2 is 1.87 bits per heavy atom. The van der Waals surface area contributed by atoms with E-state index in [1.165, 1.54) is 42.4 Å². The predicted molar refractivity (Wildman–Crippen MR) is 134 cm³/mol. The van der Waals surface area contributed by atoms with Crippen LogP contribution in [0.1, 0.15) is 104 Å². The van der Waals surface area contributed by atoms with Gasteiger partial charge in [0.15, 0.2) is 0 Å². The summed E-state index contributed by atoms with van der Waals surface area (Å²) in [7, 11) is 0. The lowest BCUT2D eigenvalue weighted by atomic mass is 9.68. The predicted octanol–water partition coefficient (Wildman–Crippen LogP) is 8.65. The van der Waals surface area contributed by atoms with E-state index in [1.54, 1.807) is 0 Å². The highest BCUT2D eigenvalue weighted by atomic mass is 16.5. The number of hydrogen-bond donors (Lipinski definition) is 1. The first-order valence-corrected chi connectivity index (χ1v) is 12.2. The third-order valence-corrected chi connectivity index (χ3v) is 6.75. The van der Waals surface area contributed by atoms with E-state index in [-0.39, 0.29) is 11.5 Å². The molecular weight excluding hydrogens is 380 g/mol. The van der Waals surface area contributed by atoms with Gasteiger partial charge >= 0.3 is 0 Å². The maximum atomic E-state index is 10.7. The van der Waals surface area contributed by atoms with Gasteiger partial charge in [0.05, 0.1) is 0 Å². The van der Waals surface area contributed by atoms with Gasteiger partial charge in [0, 0.05) is 17.4 Å². The van der Waals surface area contributed by atoms with E-state index < -0.39 is 0 Å². The van der Waals surface area contributed by atoms with Crippen molar-refractivity contribution in [2.24, 2.45) is 5.92 Å². The summed E-state index contributed by atoms with van der Waals surface area (Å²) in [4.78, 5) is 0. The quantitative estimate of drug-likeness (QED) is 0.269. The zero-order valence-corrected chi connectivity index (χ0v) is 20.8. The third kappa shape index (κ3) is 6.51. The fourth-order valence-corrected chi connectivity index (χ4v) is 4.82. The Labute approximate surface area is 191 Å². The van der Waals surface area contributed by atoms with Gasteiger partial charge in [-0.1, -0.05) is 69.1 Å². The van der Waals surface area contributed by atoms with Crippen molar-refractivity contribution in [1.29, 1.82) is 0 Å². The van der Waals surface area contributed by atoms with Crippen molar-refractivity contribution < 1.29 is 9.84 Å². The van der Waals surface area contributed by atoms with E-state index in [0.717, 1.165) is 42.6 Å². The van der Waals surface area contributed by atoms with Crippen LogP contribution in [0.5, 0.6) is 11.5 Å². The molecule has 0 radical (unpaired) electrons. The average Bonchev–Trinajstić information content (AvgIpc) is 2.67. The molecule has 3 rings (SSSR count). The zero-order chi connectivity index (χ0) is 23.2. The molecular formula is C29H44O2. The number of rotatable bonds is 7. The molecule has 0 fully saturated rings. The monoisotopic (exact) mass is 424 g/mol. The van der Waals surface area contributed by atoms with E-state index in [4.69, 9.17) is 4.74 Å². The van der Waals surface area contributed by atoms with Gasteiger partial charge in [-0.3, -0.25) is 0 Å². The number of aromatic hydroxyl groups is 1. The summed E-state index contributed by atoms with van der Waals surface area (Å²) in [5, 5.41) is 10.7. The molecule has 2 unspecified atom stereocenters. The molecule has 0 saturated heterocycles. The van der Waals surface area contributed by atoms with Gasteiger partial charge in [-0.2, -0.15) is 0 Å². The van der Waals surface area contributed by atoms with E-state index in [9.17, 15) is 5.11 Å². The lowest BCUT2D eigenvalue weighted by Crippen LogP contribution is -2.45. The highest BCUT2D eigenvalue weighted by Crippen LogP contribution is 2.53. The van der Waals surface area contributed by atoms with E-state index in [0.29, 0.717) is 11.7 Å². The van der Waals surface area contributed by atoms with E-state index in [2.05, 4.69) is 59.9 Å². The summed E-state index contributed by atoms with van der Waals surface area (Å²) in [6, 6.07) is 4.13. The minimum Gasteiger partial charge on any atom is -0.507 e. The summed E-state index contributed by atoms with van der Waals surface area (Å²) in [6.07, 6.45) is 11.5. The van der Waals surface area contributed by atoms with Gasteiger partial charge in [-0.25, -0.2) is 0 Å². The zero-order valence-electron chi connectivity index (χ0n) is 20.8. The molecule has 1 aliphatic heterocycles. The SMILES string of the molecule is C=C(C)C(=C)CCC.CCCCCc1cc(O)c2c(c1)OC(C)(C)C1CCC(C)=CC21. The van der Waals surface area contributed by atoms with E-state index in [1.807, 2.05) is 13.0 Å². The maximum Gasteiger partial charge on any atom is 0.127 e. The van der Waals surface area contributed by atoms with Crippen LogP contribution in [-0.4, -0.2) is 10.7 Å². The molecule has 0 bridgehead atoms. The molecule has 1 aliphatic carbocycles. The average molecular weight is 425 g/mol. The molecule has 1 N–H and O–H groups in total. The van der Waals surface area contributed by atoms with Crippen molar-refractivity contribution in [3.8, 4) is 11.5 Å². The summed E-state index contributed by atoms with van der Waals surface area (Å²) >= 11 is 0. The fraction of sp³-hybridized carbons (Fsp3) is 0.586.